The highest BCUT2D eigenvalue weighted by Gasteiger charge is 2.26. The number of hydrogen-bond donors (Lipinski definition) is 1. The summed E-state index contributed by atoms with van der Waals surface area (Å²) in [6, 6.07) is 8.82. The van der Waals surface area contributed by atoms with Crippen LogP contribution in [0.2, 0.25) is 0 Å². The van der Waals surface area contributed by atoms with Crippen molar-refractivity contribution in [2.45, 2.75) is 38.8 Å². The molecule has 1 aromatic rings. The molecule has 2 nitrogen and oxygen atoms in total. The average molecular weight is 258 g/mol. The second-order valence-corrected chi connectivity index (χ2v) is 6.39. The fourth-order valence-corrected chi connectivity index (χ4v) is 2.79. The van der Waals surface area contributed by atoms with Gasteiger partial charge in [0, 0.05) is 37.6 Å². The maximum absolute atomic E-state index is 3.89. The molecular formula is C17H26N2. The first-order valence-corrected chi connectivity index (χ1v) is 7.17. The van der Waals surface area contributed by atoms with E-state index >= 15 is 0 Å². The number of fused-ring (bicyclic) bond motifs is 1. The highest BCUT2D eigenvalue weighted by atomic mass is 15.2. The molecule has 0 radical (unpaired) electrons. The summed E-state index contributed by atoms with van der Waals surface area (Å²) in [5.41, 5.74) is 3.14. The lowest BCUT2D eigenvalue weighted by molar-refractivity contribution is 0.142. The van der Waals surface area contributed by atoms with Gasteiger partial charge in [0.25, 0.3) is 0 Å². The van der Waals surface area contributed by atoms with E-state index in [2.05, 4.69) is 61.8 Å². The molecule has 19 heavy (non-hydrogen) atoms. The Bertz CT molecular complexity index is 431. The van der Waals surface area contributed by atoms with Crippen molar-refractivity contribution < 1.29 is 0 Å². The Morgan fingerprint density at radius 3 is 2.79 bits per heavy atom. The lowest BCUT2D eigenvalue weighted by Gasteiger charge is -2.39. The fraction of sp³-hybridized carbons (Fsp3) is 0.529. The van der Waals surface area contributed by atoms with E-state index in [1.165, 1.54) is 11.1 Å². The largest absolute Gasteiger partial charge is 0.312 e. The molecule has 1 aromatic carbocycles. The van der Waals surface area contributed by atoms with Gasteiger partial charge in [-0.1, -0.05) is 30.3 Å². The quantitative estimate of drug-likeness (QED) is 0.835. The smallest absolute Gasteiger partial charge is 0.0208 e. The van der Waals surface area contributed by atoms with Crippen LogP contribution >= 0.6 is 0 Å². The monoisotopic (exact) mass is 258 g/mol. The van der Waals surface area contributed by atoms with Crippen molar-refractivity contribution in [3.8, 4) is 0 Å². The van der Waals surface area contributed by atoms with Crippen LogP contribution in [0.1, 0.15) is 37.8 Å². The number of benzene rings is 1. The van der Waals surface area contributed by atoms with Crippen molar-refractivity contribution in [2.24, 2.45) is 0 Å². The molecule has 104 valence electrons. The van der Waals surface area contributed by atoms with E-state index in [-0.39, 0.29) is 5.54 Å². The molecule has 1 N–H and O–H groups in total. The highest BCUT2D eigenvalue weighted by molar-refractivity contribution is 5.33. The van der Waals surface area contributed by atoms with Gasteiger partial charge in [0.1, 0.15) is 0 Å². The third-order valence-corrected chi connectivity index (χ3v) is 3.94. The Morgan fingerprint density at radius 2 is 2.11 bits per heavy atom. The van der Waals surface area contributed by atoms with Gasteiger partial charge in [0.2, 0.25) is 0 Å². The third kappa shape index (κ3) is 3.46. The molecule has 1 heterocycles. The zero-order valence-electron chi connectivity index (χ0n) is 12.4. The number of hydrogen-bond acceptors (Lipinski definition) is 2. The second-order valence-electron chi connectivity index (χ2n) is 6.39. The third-order valence-electron chi connectivity index (χ3n) is 3.94. The maximum Gasteiger partial charge on any atom is 0.0208 e. The normalized spacial score (nSPS) is 19.3. The van der Waals surface area contributed by atoms with E-state index in [9.17, 15) is 0 Å². The van der Waals surface area contributed by atoms with Crippen molar-refractivity contribution >= 4 is 0 Å². The summed E-state index contributed by atoms with van der Waals surface area (Å²) in [5.74, 6) is 0.573. The molecule has 2 heteroatoms. The molecular weight excluding hydrogens is 232 g/mol. The molecule has 0 aromatic heterocycles. The van der Waals surface area contributed by atoms with Crippen LogP contribution in [-0.2, 0) is 6.54 Å². The van der Waals surface area contributed by atoms with Crippen molar-refractivity contribution in [1.29, 1.82) is 0 Å². The first-order chi connectivity index (χ1) is 9.02. The Hall–Kier alpha value is -1.12. The number of nitrogens with one attached hydrogen (secondary N) is 1. The minimum absolute atomic E-state index is 0.181. The van der Waals surface area contributed by atoms with Crippen LogP contribution in [0.3, 0.4) is 0 Å². The summed E-state index contributed by atoms with van der Waals surface area (Å²) in [7, 11) is 0. The highest BCUT2D eigenvalue weighted by Crippen LogP contribution is 2.27. The van der Waals surface area contributed by atoms with E-state index in [4.69, 9.17) is 0 Å². The van der Waals surface area contributed by atoms with E-state index in [0.29, 0.717) is 5.92 Å². The molecule has 1 atom stereocenters. The van der Waals surface area contributed by atoms with Gasteiger partial charge in [-0.05, 0) is 31.9 Å². The maximum atomic E-state index is 3.89. The van der Waals surface area contributed by atoms with Crippen LogP contribution in [0, 0.1) is 0 Å². The van der Waals surface area contributed by atoms with Crippen LogP contribution in [0.4, 0.5) is 0 Å². The molecule has 0 saturated carbocycles. The van der Waals surface area contributed by atoms with E-state index in [0.717, 1.165) is 26.2 Å². The van der Waals surface area contributed by atoms with Crippen LogP contribution in [0.25, 0.3) is 0 Å². The van der Waals surface area contributed by atoms with Crippen molar-refractivity contribution in [3.63, 3.8) is 0 Å². The molecule has 0 aliphatic carbocycles. The van der Waals surface area contributed by atoms with Gasteiger partial charge in [-0.2, -0.15) is 0 Å². The molecule has 0 spiro atoms. The lowest BCUT2D eigenvalue weighted by Crippen LogP contribution is -2.46. The van der Waals surface area contributed by atoms with Gasteiger partial charge in [-0.25, -0.2) is 0 Å². The molecule has 1 aliphatic heterocycles. The van der Waals surface area contributed by atoms with Crippen LogP contribution in [-0.4, -0.2) is 30.1 Å². The summed E-state index contributed by atoms with van der Waals surface area (Å²) < 4.78 is 0. The molecule has 0 fully saturated rings. The predicted octanol–water partition coefficient (Wildman–Crippen LogP) is 3.16. The van der Waals surface area contributed by atoms with Crippen LogP contribution in [0.15, 0.2) is 36.9 Å². The van der Waals surface area contributed by atoms with Gasteiger partial charge in [-0.15, -0.1) is 6.58 Å². The minimum atomic E-state index is 0.181. The molecule has 0 bridgehead atoms. The number of nitrogens with zero attached hydrogens (tertiary/aromatic N) is 1. The van der Waals surface area contributed by atoms with Gasteiger partial charge >= 0.3 is 0 Å². The van der Waals surface area contributed by atoms with Crippen molar-refractivity contribution in [3.05, 3.63) is 48.0 Å². The standard InChI is InChI=1S/C17H26N2/c1-5-10-19(17(2,3)4)13-15-12-18-11-14-8-6-7-9-16(14)15/h5-9,15,18H,1,10-13H2,2-4H3. The van der Waals surface area contributed by atoms with E-state index in [1.54, 1.807) is 0 Å². The molecule has 2 rings (SSSR count). The van der Waals surface area contributed by atoms with Crippen LogP contribution in [0.5, 0.6) is 0 Å². The Labute approximate surface area is 117 Å². The predicted molar refractivity (Wildman–Crippen MR) is 82.4 cm³/mol. The van der Waals surface area contributed by atoms with Crippen LogP contribution < -0.4 is 5.32 Å². The summed E-state index contributed by atoms with van der Waals surface area (Å²) in [5, 5.41) is 3.54. The molecule has 1 aliphatic rings. The summed E-state index contributed by atoms with van der Waals surface area (Å²) in [6.07, 6.45) is 2.01. The SMILES string of the molecule is C=CCN(CC1CNCc2ccccc21)C(C)(C)C. The van der Waals surface area contributed by atoms with E-state index in [1.807, 2.05) is 6.08 Å². The molecule has 1 unspecified atom stereocenters. The van der Waals surface area contributed by atoms with Crippen molar-refractivity contribution in [1.82, 2.24) is 10.2 Å². The minimum Gasteiger partial charge on any atom is -0.312 e. The van der Waals surface area contributed by atoms with E-state index < -0.39 is 0 Å². The lowest BCUT2D eigenvalue weighted by atomic mass is 9.89. The first-order valence-electron chi connectivity index (χ1n) is 7.17. The van der Waals surface area contributed by atoms with Gasteiger partial charge in [0.15, 0.2) is 0 Å². The summed E-state index contributed by atoms with van der Waals surface area (Å²) in [4.78, 5) is 2.51. The molecule has 0 saturated heterocycles. The van der Waals surface area contributed by atoms with Gasteiger partial charge < -0.3 is 5.32 Å². The zero-order chi connectivity index (χ0) is 13.9. The number of rotatable bonds is 4. The first kappa shape index (κ1) is 14.3. The van der Waals surface area contributed by atoms with Gasteiger partial charge in [0.05, 0.1) is 0 Å². The molecule has 0 amide bonds. The van der Waals surface area contributed by atoms with Crippen molar-refractivity contribution in [2.75, 3.05) is 19.6 Å². The zero-order valence-corrected chi connectivity index (χ0v) is 12.4. The Kier molecular flexibility index (Phi) is 4.43. The fourth-order valence-electron chi connectivity index (χ4n) is 2.79. The summed E-state index contributed by atoms with van der Waals surface area (Å²) in [6.45, 7) is 14.8. The average Bonchev–Trinajstić information content (AvgIpc) is 2.37. The Balaban J connectivity index is 2.17. The van der Waals surface area contributed by atoms with Gasteiger partial charge in [-0.3, -0.25) is 4.90 Å². The summed E-state index contributed by atoms with van der Waals surface area (Å²) >= 11 is 0. The Morgan fingerprint density at radius 1 is 1.37 bits per heavy atom. The second kappa shape index (κ2) is 5.89. The topological polar surface area (TPSA) is 15.3 Å².